The smallest absolute Gasteiger partial charge is 0.337 e. The van der Waals surface area contributed by atoms with E-state index >= 15 is 0 Å². The zero-order valence-electron chi connectivity index (χ0n) is 10.5. The van der Waals surface area contributed by atoms with Crippen molar-refractivity contribution in [3.8, 4) is 0 Å². The van der Waals surface area contributed by atoms with Crippen LogP contribution in [0.1, 0.15) is 43.0 Å². The number of rotatable bonds is 6. The number of aromatic carboxylic acids is 1. The first kappa shape index (κ1) is 13.2. The number of hydrogen-bond donors (Lipinski definition) is 2. The van der Waals surface area contributed by atoms with Crippen LogP contribution in [-0.2, 0) is 0 Å². The van der Waals surface area contributed by atoms with Crippen LogP contribution in [0.5, 0.6) is 0 Å². The molecule has 3 nitrogen and oxygen atoms in total. The number of carbonyl (C=O) groups is 1. The Morgan fingerprint density at radius 2 is 2.22 bits per heavy atom. The summed E-state index contributed by atoms with van der Waals surface area (Å²) in [6.45, 7) is 3.02. The predicted octanol–water partition coefficient (Wildman–Crippen LogP) is 4.03. The van der Waals surface area contributed by atoms with E-state index in [9.17, 15) is 4.79 Å². The molecule has 1 aliphatic carbocycles. The predicted molar refractivity (Wildman–Crippen MR) is 73.5 cm³/mol. The van der Waals surface area contributed by atoms with Gasteiger partial charge in [-0.1, -0.05) is 24.9 Å². The Morgan fingerprint density at radius 1 is 1.50 bits per heavy atom. The lowest BCUT2D eigenvalue weighted by Gasteiger charge is -2.17. The van der Waals surface area contributed by atoms with Gasteiger partial charge in [0.2, 0.25) is 0 Å². The molecule has 4 heteroatoms. The van der Waals surface area contributed by atoms with E-state index in [0.29, 0.717) is 16.1 Å². The van der Waals surface area contributed by atoms with Crippen molar-refractivity contribution in [2.24, 2.45) is 5.41 Å². The Kier molecular flexibility index (Phi) is 3.81. The lowest BCUT2D eigenvalue weighted by molar-refractivity contribution is 0.0698. The normalized spacial score (nSPS) is 16.3. The topological polar surface area (TPSA) is 49.3 Å². The lowest BCUT2D eigenvalue weighted by atomic mass is 10.0. The highest BCUT2D eigenvalue weighted by molar-refractivity contribution is 6.31. The van der Waals surface area contributed by atoms with E-state index in [-0.39, 0.29) is 5.56 Å². The van der Waals surface area contributed by atoms with Gasteiger partial charge in [0.05, 0.1) is 11.3 Å². The van der Waals surface area contributed by atoms with E-state index in [4.69, 9.17) is 16.7 Å². The van der Waals surface area contributed by atoms with Crippen LogP contribution in [0.2, 0.25) is 5.02 Å². The van der Waals surface area contributed by atoms with Gasteiger partial charge in [0.1, 0.15) is 0 Å². The number of benzene rings is 1. The average Bonchev–Trinajstić information content (AvgIpc) is 3.07. The first-order chi connectivity index (χ1) is 8.56. The van der Waals surface area contributed by atoms with Crippen LogP contribution in [0.25, 0.3) is 0 Å². The maximum atomic E-state index is 11.1. The molecule has 0 amide bonds. The quantitative estimate of drug-likeness (QED) is 0.818. The maximum Gasteiger partial charge on any atom is 0.337 e. The molecule has 2 N–H and O–H groups in total. The van der Waals surface area contributed by atoms with Gasteiger partial charge in [-0.25, -0.2) is 4.79 Å². The van der Waals surface area contributed by atoms with Crippen LogP contribution in [0.15, 0.2) is 18.2 Å². The van der Waals surface area contributed by atoms with Gasteiger partial charge in [-0.3, -0.25) is 0 Å². The Hall–Kier alpha value is -1.22. The third-order valence-corrected chi connectivity index (χ3v) is 3.84. The van der Waals surface area contributed by atoms with Crippen molar-refractivity contribution in [1.82, 2.24) is 0 Å². The Balaban J connectivity index is 2.08. The van der Waals surface area contributed by atoms with Gasteiger partial charge in [0.15, 0.2) is 0 Å². The molecule has 0 spiro atoms. The van der Waals surface area contributed by atoms with Crippen LogP contribution in [0.4, 0.5) is 5.69 Å². The van der Waals surface area contributed by atoms with Gasteiger partial charge < -0.3 is 10.4 Å². The summed E-state index contributed by atoms with van der Waals surface area (Å²) in [5.41, 5.74) is 1.29. The molecular formula is C14H18ClNO2. The van der Waals surface area contributed by atoms with E-state index in [1.54, 1.807) is 18.2 Å². The monoisotopic (exact) mass is 267 g/mol. The fraction of sp³-hybridized carbons (Fsp3) is 0.500. The summed E-state index contributed by atoms with van der Waals surface area (Å²) in [5.74, 6) is -0.922. The van der Waals surface area contributed by atoms with Crippen LogP contribution in [0.3, 0.4) is 0 Å². The molecule has 1 aromatic rings. The molecule has 0 bridgehead atoms. The Labute approximate surface area is 112 Å². The van der Waals surface area contributed by atoms with E-state index in [2.05, 4.69) is 12.2 Å². The number of carboxylic acids is 1. The molecule has 0 radical (unpaired) electrons. The molecule has 1 fully saturated rings. The van der Waals surface area contributed by atoms with Crippen molar-refractivity contribution >= 4 is 23.3 Å². The summed E-state index contributed by atoms with van der Waals surface area (Å²) in [4.78, 5) is 11.1. The number of hydrogen-bond acceptors (Lipinski definition) is 2. The molecule has 1 saturated carbocycles. The van der Waals surface area contributed by atoms with Gasteiger partial charge in [-0.15, -0.1) is 0 Å². The first-order valence-corrected chi connectivity index (χ1v) is 6.71. The highest BCUT2D eigenvalue weighted by atomic mass is 35.5. The maximum absolute atomic E-state index is 11.1. The fourth-order valence-corrected chi connectivity index (χ4v) is 2.53. The second kappa shape index (κ2) is 5.19. The fourth-order valence-electron chi connectivity index (χ4n) is 2.35. The average molecular weight is 268 g/mol. The summed E-state index contributed by atoms with van der Waals surface area (Å²) in [6.07, 6.45) is 4.83. The summed E-state index contributed by atoms with van der Waals surface area (Å²) in [5, 5.41) is 12.9. The minimum atomic E-state index is -0.922. The van der Waals surface area contributed by atoms with E-state index in [1.165, 1.54) is 25.7 Å². The molecule has 98 valence electrons. The standard InChI is InChI=1S/C14H18ClNO2/c1-2-5-14(6-7-14)9-16-12-8-10(15)3-4-11(12)13(17)18/h3-4,8,16H,2,5-7,9H2,1H3,(H,17,18). The molecule has 0 heterocycles. The molecule has 0 aliphatic heterocycles. The highest BCUT2D eigenvalue weighted by Gasteiger charge is 2.41. The van der Waals surface area contributed by atoms with Gasteiger partial charge in [0, 0.05) is 11.6 Å². The third kappa shape index (κ3) is 2.96. The molecule has 0 saturated heterocycles. The van der Waals surface area contributed by atoms with Crippen molar-refractivity contribution in [2.75, 3.05) is 11.9 Å². The van der Waals surface area contributed by atoms with E-state index in [0.717, 1.165) is 6.54 Å². The zero-order chi connectivity index (χ0) is 13.2. The van der Waals surface area contributed by atoms with Gasteiger partial charge >= 0.3 is 5.97 Å². The minimum absolute atomic E-state index is 0.284. The van der Waals surface area contributed by atoms with Gasteiger partial charge in [0.25, 0.3) is 0 Å². The summed E-state index contributed by atoms with van der Waals surface area (Å²) < 4.78 is 0. The molecular weight excluding hydrogens is 250 g/mol. The zero-order valence-corrected chi connectivity index (χ0v) is 11.3. The van der Waals surface area contributed by atoms with Crippen LogP contribution < -0.4 is 5.32 Å². The summed E-state index contributed by atoms with van der Waals surface area (Å²) in [6, 6.07) is 4.84. The van der Waals surface area contributed by atoms with Crippen LogP contribution in [0, 0.1) is 5.41 Å². The van der Waals surface area contributed by atoms with Crippen LogP contribution in [-0.4, -0.2) is 17.6 Å². The molecule has 0 atom stereocenters. The van der Waals surface area contributed by atoms with Crippen molar-refractivity contribution < 1.29 is 9.90 Å². The van der Waals surface area contributed by atoms with Gasteiger partial charge in [-0.2, -0.15) is 0 Å². The number of anilines is 1. The second-order valence-electron chi connectivity index (χ2n) is 5.10. The third-order valence-electron chi connectivity index (χ3n) is 3.60. The summed E-state index contributed by atoms with van der Waals surface area (Å²) in [7, 11) is 0. The second-order valence-corrected chi connectivity index (χ2v) is 5.54. The van der Waals surface area contributed by atoms with Gasteiger partial charge in [-0.05, 0) is 42.9 Å². The number of halogens is 1. The SMILES string of the molecule is CCCC1(CNc2cc(Cl)ccc2C(=O)O)CC1. The Bertz CT molecular complexity index is 455. The molecule has 1 aromatic carbocycles. The largest absolute Gasteiger partial charge is 0.478 e. The minimum Gasteiger partial charge on any atom is -0.478 e. The first-order valence-electron chi connectivity index (χ1n) is 6.33. The molecule has 0 aromatic heterocycles. The van der Waals surface area contributed by atoms with Crippen LogP contribution >= 0.6 is 11.6 Å². The molecule has 2 rings (SSSR count). The molecule has 18 heavy (non-hydrogen) atoms. The highest BCUT2D eigenvalue weighted by Crippen LogP contribution is 2.49. The number of carboxylic acid groups (broad SMARTS) is 1. The molecule has 1 aliphatic rings. The number of nitrogens with one attached hydrogen (secondary N) is 1. The van der Waals surface area contributed by atoms with E-state index < -0.39 is 5.97 Å². The van der Waals surface area contributed by atoms with E-state index in [1.807, 2.05) is 0 Å². The Morgan fingerprint density at radius 3 is 2.78 bits per heavy atom. The van der Waals surface area contributed by atoms with Crippen molar-refractivity contribution in [2.45, 2.75) is 32.6 Å². The lowest BCUT2D eigenvalue weighted by Crippen LogP contribution is -2.17. The molecule has 0 unspecified atom stereocenters. The summed E-state index contributed by atoms with van der Waals surface area (Å²) >= 11 is 5.92. The van der Waals surface area contributed by atoms with Crippen molar-refractivity contribution in [1.29, 1.82) is 0 Å². The van der Waals surface area contributed by atoms with Crippen molar-refractivity contribution in [3.05, 3.63) is 28.8 Å². The van der Waals surface area contributed by atoms with Crippen molar-refractivity contribution in [3.63, 3.8) is 0 Å².